The summed E-state index contributed by atoms with van der Waals surface area (Å²) in [7, 11) is 0. The smallest absolute Gasteiger partial charge is 0.269 e. The van der Waals surface area contributed by atoms with Gasteiger partial charge in [-0.15, -0.1) is 10.2 Å². The van der Waals surface area contributed by atoms with Crippen LogP contribution in [-0.2, 0) is 25.6 Å². The van der Waals surface area contributed by atoms with E-state index in [9.17, 15) is 29.1 Å². The van der Waals surface area contributed by atoms with Crippen LogP contribution in [0.5, 0.6) is 0 Å². The van der Waals surface area contributed by atoms with Crippen LogP contribution in [0.15, 0.2) is 67.1 Å². The van der Waals surface area contributed by atoms with Gasteiger partial charge in [-0.3, -0.25) is 24.0 Å². The fourth-order valence-corrected chi connectivity index (χ4v) is 6.63. The van der Waals surface area contributed by atoms with E-state index in [4.69, 9.17) is 5.73 Å². The largest absolute Gasteiger partial charge is 0.381 e. The number of carbonyl (C=O) groups excluding carboxylic acids is 5. The molecule has 0 spiro atoms. The molecule has 0 radical (unpaired) electrons. The number of aliphatic hydroxyl groups excluding tert-OH is 1. The Kier molecular flexibility index (Phi) is 14.7. The van der Waals surface area contributed by atoms with E-state index in [1.54, 1.807) is 38.1 Å². The maximum Gasteiger partial charge on any atom is 0.269 e. The number of amides is 5. The molecule has 5 atom stereocenters. The molecule has 2 heterocycles. The van der Waals surface area contributed by atoms with Crippen molar-refractivity contribution >= 4 is 35.2 Å². The van der Waals surface area contributed by atoms with Crippen molar-refractivity contribution in [1.29, 1.82) is 0 Å². The van der Waals surface area contributed by atoms with Crippen LogP contribution in [0.25, 0.3) is 11.4 Å². The molecule has 0 aliphatic heterocycles. The third-order valence-corrected chi connectivity index (χ3v) is 9.75. The molecule has 1 aliphatic rings. The van der Waals surface area contributed by atoms with Crippen molar-refractivity contribution in [2.24, 2.45) is 17.6 Å². The number of imidazole rings is 1. The van der Waals surface area contributed by atoms with Crippen LogP contribution in [0.3, 0.4) is 0 Å². The molecule has 1 fully saturated rings. The molecule has 0 unspecified atom stereocenters. The van der Waals surface area contributed by atoms with E-state index >= 15 is 0 Å². The lowest BCUT2D eigenvalue weighted by molar-refractivity contribution is -0.134. The fourth-order valence-electron chi connectivity index (χ4n) is 6.63. The van der Waals surface area contributed by atoms with Crippen LogP contribution in [0.2, 0.25) is 0 Å². The number of nitrogens with two attached hydrogens (primary N) is 1. The highest BCUT2D eigenvalue weighted by molar-refractivity contribution is 5.97. The van der Waals surface area contributed by atoms with Gasteiger partial charge in [0.1, 0.15) is 23.8 Å². The molecule has 5 amide bonds. The van der Waals surface area contributed by atoms with Gasteiger partial charge in [0, 0.05) is 17.8 Å². The second kappa shape index (κ2) is 20.1. The summed E-state index contributed by atoms with van der Waals surface area (Å²) < 4.78 is 0. The lowest BCUT2D eigenvalue weighted by Gasteiger charge is -2.31. The number of H-pyrrole nitrogens is 2. The molecule has 0 saturated heterocycles. The summed E-state index contributed by atoms with van der Waals surface area (Å²) in [6.45, 7) is 3.29. The molecule has 298 valence electrons. The summed E-state index contributed by atoms with van der Waals surface area (Å²) in [4.78, 5) is 73.6. The average molecular weight is 771 g/mol. The third-order valence-electron chi connectivity index (χ3n) is 9.75. The molecule has 4 aromatic rings. The van der Waals surface area contributed by atoms with Crippen LogP contribution >= 0.6 is 0 Å². The summed E-state index contributed by atoms with van der Waals surface area (Å²) in [5, 5.41) is 39.1. The minimum Gasteiger partial charge on any atom is -0.381 e. The zero-order chi connectivity index (χ0) is 40.0. The Bertz CT molecular complexity index is 1880. The van der Waals surface area contributed by atoms with Crippen molar-refractivity contribution in [3.63, 3.8) is 0 Å². The van der Waals surface area contributed by atoms with Gasteiger partial charge in [0.2, 0.25) is 23.5 Å². The van der Waals surface area contributed by atoms with E-state index in [1.807, 2.05) is 30.3 Å². The Morgan fingerprint density at radius 3 is 2.36 bits per heavy atom. The van der Waals surface area contributed by atoms with E-state index in [1.165, 1.54) is 12.5 Å². The van der Waals surface area contributed by atoms with Gasteiger partial charge in [0.25, 0.3) is 11.8 Å². The van der Waals surface area contributed by atoms with Crippen LogP contribution in [0.1, 0.15) is 68.4 Å². The van der Waals surface area contributed by atoms with E-state index in [0.717, 1.165) is 37.7 Å². The van der Waals surface area contributed by atoms with Gasteiger partial charge in [-0.1, -0.05) is 88.4 Å². The number of nitrogens with one attached hydrogen (secondary N) is 7. The number of anilines is 1. The van der Waals surface area contributed by atoms with Crippen LogP contribution in [0.4, 0.5) is 5.69 Å². The maximum absolute atomic E-state index is 14.2. The van der Waals surface area contributed by atoms with E-state index in [0.29, 0.717) is 23.5 Å². The highest BCUT2D eigenvalue weighted by Gasteiger charge is 2.35. The van der Waals surface area contributed by atoms with Crippen molar-refractivity contribution in [2.45, 2.75) is 89.1 Å². The molecule has 18 nitrogen and oxygen atoms in total. The first-order valence-corrected chi connectivity index (χ1v) is 18.8. The number of rotatable bonds is 18. The predicted octanol–water partition coefficient (Wildman–Crippen LogP) is 0.970. The number of aromatic amines is 2. The molecule has 0 bridgehead atoms. The summed E-state index contributed by atoms with van der Waals surface area (Å²) in [6.07, 6.45) is 6.24. The summed E-state index contributed by atoms with van der Waals surface area (Å²) in [6, 6.07) is 11.4. The molecule has 56 heavy (non-hydrogen) atoms. The highest BCUT2D eigenvalue weighted by atomic mass is 16.3. The second-order valence-corrected chi connectivity index (χ2v) is 14.4. The van der Waals surface area contributed by atoms with Gasteiger partial charge in [-0.2, -0.15) is 5.21 Å². The first-order chi connectivity index (χ1) is 27.0. The number of benzene rings is 2. The Hall–Kier alpha value is -6.01. The predicted molar refractivity (Wildman–Crippen MR) is 205 cm³/mol. The number of carbonyl (C=O) groups is 5. The van der Waals surface area contributed by atoms with Crippen LogP contribution < -0.4 is 32.3 Å². The molecule has 2 aromatic heterocycles. The molecular weight excluding hydrogens is 720 g/mol. The van der Waals surface area contributed by atoms with Crippen LogP contribution in [0, 0.1) is 11.8 Å². The van der Waals surface area contributed by atoms with Gasteiger partial charge in [0.15, 0.2) is 6.10 Å². The molecule has 2 aromatic carbocycles. The average Bonchev–Trinajstić information content (AvgIpc) is 3.95. The monoisotopic (exact) mass is 770 g/mol. The van der Waals surface area contributed by atoms with Crippen molar-refractivity contribution in [3.8, 4) is 11.4 Å². The highest BCUT2D eigenvalue weighted by Crippen LogP contribution is 2.28. The summed E-state index contributed by atoms with van der Waals surface area (Å²) in [5.74, 6) is -3.05. The van der Waals surface area contributed by atoms with Crippen LogP contribution in [-0.4, -0.2) is 102 Å². The first kappa shape index (κ1) is 41.2. The Morgan fingerprint density at radius 1 is 0.911 bits per heavy atom. The normalized spacial score (nSPS) is 15.8. The third kappa shape index (κ3) is 11.7. The number of aromatic nitrogens is 6. The lowest BCUT2D eigenvalue weighted by atomic mass is 9.84. The zero-order valence-electron chi connectivity index (χ0n) is 31.4. The second-order valence-electron chi connectivity index (χ2n) is 14.4. The Balaban J connectivity index is 1.30. The standard InChI is InChI=1S/C38H50N12O6/c1-22(2)31(46-34(52)27(39)19-41-35(53)30-20-40-21-42-30)37(55)45-29(17-24-12-7-4-8-13-24)36(54)44-28(16-23-10-5-3-6-11-23)32(51)38(56)43-26-15-9-14-25(18-26)33-47-49-50-48-33/h3,5-6,9-11,14-15,18,20-22,24,27-29,31-32,51H,4,7-8,12-13,16-17,19,39H2,1-2H3,(H,40,42)(H,41,53)(H,43,56)(H,44,54)(H,45,55)(H,46,52)(H,47,48,49,50)/t27-,28-,29-,31-,32+/m0/s1. The van der Waals surface area contributed by atoms with Crippen molar-refractivity contribution in [3.05, 3.63) is 78.4 Å². The van der Waals surface area contributed by atoms with Gasteiger partial charge in [-0.25, -0.2) is 4.98 Å². The quantitative estimate of drug-likeness (QED) is 0.0688. The van der Waals surface area contributed by atoms with Gasteiger partial charge >= 0.3 is 0 Å². The number of nitrogens with zero attached hydrogens (tertiary/aromatic N) is 4. The van der Waals surface area contributed by atoms with Crippen molar-refractivity contribution < 1.29 is 29.1 Å². The minimum absolute atomic E-state index is 0.105. The Morgan fingerprint density at radius 2 is 1.68 bits per heavy atom. The Labute approximate surface area is 324 Å². The lowest BCUT2D eigenvalue weighted by Crippen LogP contribution is -2.60. The molecular formula is C38H50N12O6. The van der Waals surface area contributed by atoms with Crippen molar-refractivity contribution in [1.82, 2.24) is 51.9 Å². The summed E-state index contributed by atoms with van der Waals surface area (Å²) in [5.41, 5.74) is 7.98. The number of tetrazole rings is 1. The number of hydrogen-bond donors (Lipinski definition) is 9. The van der Waals surface area contributed by atoms with Gasteiger partial charge < -0.3 is 42.4 Å². The number of hydrogen-bond acceptors (Lipinski definition) is 11. The maximum atomic E-state index is 14.2. The minimum atomic E-state index is -1.70. The van der Waals surface area contributed by atoms with Gasteiger partial charge in [-0.05, 0) is 47.6 Å². The SMILES string of the molecule is CC(C)[C@H](NC(=O)[C@@H](N)CNC(=O)c1cnc[nH]1)C(=O)N[C@@H](CC1CCCCC1)C(=O)N[C@@H](Cc1ccccc1)[C@@H](O)C(=O)Nc1cccc(-c2nn[nH]n2)c1. The van der Waals surface area contributed by atoms with E-state index in [2.05, 4.69) is 57.2 Å². The number of aliphatic hydroxyl groups is 1. The van der Waals surface area contributed by atoms with E-state index in [-0.39, 0.29) is 24.6 Å². The first-order valence-electron chi connectivity index (χ1n) is 18.8. The summed E-state index contributed by atoms with van der Waals surface area (Å²) >= 11 is 0. The van der Waals surface area contributed by atoms with Crippen molar-refractivity contribution in [2.75, 3.05) is 11.9 Å². The topological polar surface area (TPSA) is 275 Å². The molecule has 5 rings (SSSR count). The molecule has 10 N–H and O–H groups in total. The fraction of sp³-hybridized carbons (Fsp3) is 0.447. The van der Waals surface area contributed by atoms with Gasteiger partial charge in [0.05, 0.1) is 18.6 Å². The molecule has 1 aliphatic carbocycles. The zero-order valence-corrected chi connectivity index (χ0v) is 31.4. The molecule has 1 saturated carbocycles. The van der Waals surface area contributed by atoms with E-state index < -0.39 is 65.7 Å². The molecule has 18 heteroatoms.